The van der Waals surface area contributed by atoms with Crippen molar-refractivity contribution in [1.82, 2.24) is 5.32 Å². The lowest BCUT2D eigenvalue weighted by Gasteiger charge is -2.29. The number of amides is 1. The summed E-state index contributed by atoms with van der Waals surface area (Å²) in [5.74, 6) is 0.0507. The Hall–Kier alpha value is -0.810. The third-order valence-electron chi connectivity index (χ3n) is 5.42. The number of nitrogens with one attached hydrogen (secondary N) is 1. The van der Waals surface area contributed by atoms with Gasteiger partial charge in [0.2, 0.25) is 5.91 Å². The first-order valence-corrected chi connectivity index (χ1v) is 10.3. The second kappa shape index (κ2) is 16.4. The van der Waals surface area contributed by atoms with Gasteiger partial charge < -0.3 is 16.2 Å². The van der Waals surface area contributed by atoms with Crippen LogP contribution in [-0.2, 0) is 9.59 Å². The Morgan fingerprint density at radius 3 is 2.00 bits per heavy atom. The zero-order valence-electron chi connectivity index (χ0n) is 16.2. The molecule has 2 atom stereocenters. The van der Waals surface area contributed by atoms with Crippen molar-refractivity contribution in [2.45, 2.75) is 89.9 Å². The average Bonchev–Trinajstić information content (AvgIpc) is 2.62. The highest BCUT2D eigenvalue weighted by molar-refractivity contribution is 5.85. The predicted octanol–water partition coefficient (Wildman–Crippen LogP) is 4.28. The minimum absolute atomic E-state index is 0. The lowest BCUT2D eigenvalue weighted by Crippen LogP contribution is -2.39. The van der Waals surface area contributed by atoms with E-state index >= 15 is 0 Å². The Bertz CT molecular complexity index is 380. The van der Waals surface area contributed by atoms with Crippen LogP contribution in [0.25, 0.3) is 0 Å². The number of carboxylic acid groups (broad SMARTS) is 1. The van der Waals surface area contributed by atoms with Gasteiger partial charge in [0.25, 0.3) is 0 Å². The fourth-order valence-corrected chi connectivity index (χ4v) is 3.82. The van der Waals surface area contributed by atoms with Gasteiger partial charge in [0, 0.05) is 18.9 Å². The molecule has 0 aromatic carbocycles. The molecule has 0 aliphatic heterocycles. The van der Waals surface area contributed by atoms with Gasteiger partial charge >= 0.3 is 5.97 Å². The topological polar surface area (TPSA) is 92.4 Å². The van der Waals surface area contributed by atoms with E-state index in [1.165, 1.54) is 38.5 Å². The molecule has 1 aliphatic rings. The van der Waals surface area contributed by atoms with Crippen LogP contribution in [0.5, 0.6) is 0 Å². The van der Waals surface area contributed by atoms with Gasteiger partial charge in [-0.05, 0) is 38.1 Å². The number of carbonyl (C=O) groups excluding carboxylic acids is 1. The van der Waals surface area contributed by atoms with Crippen molar-refractivity contribution in [1.29, 1.82) is 0 Å². The van der Waals surface area contributed by atoms with Crippen molar-refractivity contribution in [3.63, 3.8) is 0 Å². The zero-order chi connectivity index (χ0) is 18.3. The number of rotatable bonds is 14. The van der Waals surface area contributed by atoms with Crippen LogP contribution in [0.4, 0.5) is 0 Å². The van der Waals surface area contributed by atoms with E-state index in [4.69, 9.17) is 10.8 Å². The maximum absolute atomic E-state index is 12.3. The molecule has 0 aromatic rings. The normalized spacial score (nSPS) is 19.6. The molecule has 0 aromatic heterocycles. The smallest absolute Gasteiger partial charge is 0.303 e. The standard InChI is InChI=1S/C20H38N2O3.ClH/c21-16-17-12-9-10-13-18(17)20(25)22-15-11-7-5-3-1-2-4-6-8-14-19(23)24;/h17-18H,1-16,21H2,(H,22,25)(H,23,24);1H. The van der Waals surface area contributed by atoms with Crippen molar-refractivity contribution in [2.75, 3.05) is 13.1 Å². The van der Waals surface area contributed by atoms with Crippen molar-refractivity contribution in [2.24, 2.45) is 17.6 Å². The van der Waals surface area contributed by atoms with E-state index in [-0.39, 0.29) is 24.2 Å². The molecule has 0 heterocycles. The van der Waals surface area contributed by atoms with E-state index < -0.39 is 5.97 Å². The average molecular weight is 391 g/mol. The van der Waals surface area contributed by atoms with Crippen LogP contribution in [-0.4, -0.2) is 30.1 Å². The van der Waals surface area contributed by atoms with Crippen molar-refractivity contribution in [3.05, 3.63) is 0 Å². The molecule has 26 heavy (non-hydrogen) atoms. The number of carbonyl (C=O) groups is 2. The molecule has 1 amide bonds. The van der Waals surface area contributed by atoms with Crippen LogP contribution >= 0.6 is 12.4 Å². The van der Waals surface area contributed by atoms with Crippen molar-refractivity contribution < 1.29 is 14.7 Å². The fraction of sp³-hybridized carbons (Fsp3) is 0.900. The minimum Gasteiger partial charge on any atom is -0.481 e. The van der Waals surface area contributed by atoms with E-state index in [1.807, 2.05) is 0 Å². The molecule has 0 spiro atoms. The first-order chi connectivity index (χ1) is 12.1. The second-order valence-corrected chi connectivity index (χ2v) is 7.50. The molecule has 1 rings (SSSR count). The summed E-state index contributed by atoms with van der Waals surface area (Å²) in [5, 5.41) is 11.7. The molecule has 154 valence electrons. The van der Waals surface area contributed by atoms with Gasteiger partial charge in [0.05, 0.1) is 0 Å². The monoisotopic (exact) mass is 390 g/mol. The Labute approximate surface area is 165 Å². The van der Waals surface area contributed by atoms with Crippen LogP contribution < -0.4 is 11.1 Å². The first kappa shape index (κ1) is 25.2. The zero-order valence-corrected chi connectivity index (χ0v) is 17.0. The second-order valence-electron chi connectivity index (χ2n) is 7.50. The van der Waals surface area contributed by atoms with Crippen LogP contribution in [0.3, 0.4) is 0 Å². The van der Waals surface area contributed by atoms with Gasteiger partial charge in [-0.3, -0.25) is 9.59 Å². The van der Waals surface area contributed by atoms with Crippen molar-refractivity contribution in [3.8, 4) is 0 Å². The van der Waals surface area contributed by atoms with Crippen LogP contribution in [0, 0.1) is 11.8 Å². The molecule has 0 bridgehead atoms. The predicted molar refractivity (Wildman–Crippen MR) is 109 cm³/mol. The fourth-order valence-electron chi connectivity index (χ4n) is 3.82. The summed E-state index contributed by atoms with van der Waals surface area (Å²) in [4.78, 5) is 22.7. The first-order valence-electron chi connectivity index (χ1n) is 10.3. The molecule has 1 saturated carbocycles. The van der Waals surface area contributed by atoms with E-state index in [0.717, 1.165) is 51.5 Å². The van der Waals surface area contributed by atoms with Gasteiger partial charge in [-0.25, -0.2) is 0 Å². The maximum atomic E-state index is 12.3. The highest BCUT2D eigenvalue weighted by Gasteiger charge is 2.29. The Kier molecular flexibility index (Phi) is 15.9. The summed E-state index contributed by atoms with van der Waals surface area (Å²) in [6, 6.07) is 0. The summed E-state index contributed by atoms with van der Waals surface area (Å²) < 4.78 is 0. The number of halogens is 1. The summed E-state index contributed by atoms with van der Waals surface area (Å²) >= 11 is 0. The van der Waals surface area contributed by atoms with Crippen molar-refractivity contribution >= 4 is 24.3 Å². The Balaban J connectivity index is 0.00000625. The number of hydrogen-bond donors (Lipinski definition) is 3. The lowest BCUT2D eigenvalue weighted by atomic mass is 9.79. The number of nitrogens with two attached hydrogens (primary N) is 1. The third-order valence-corrected chi connectivity index (χ3v) is 5.42. The molecule has 6 heteroatoms. The molecule has 1 fully saturated rings. The molecular weight excluding hydrogens is 352 g/mol. The van der Waals surface area contributed by atoms with Gasteiger partial charge in [-0.2, -0.15) is 0 Å². The number of aliphatic carboxylic acids is 1. The van der Waals surface area contributed by atoms with E-state index in [0.29, 0.717) is 18.9 Å². The van der Waals surface area contributed by atoms with Gasteiger partial charge in [0.15, 0.2) is 0 Å². The summed E-state index contributed by atoms with van der Waals surface area (Å²) in [7, 11) is 0. The van der Waals surface area contributed by atoms with Gasteiger partial charge in [-0.1, -0.05) is 57.8 Å². The SMILES string of the molecule is Cl.NCC1CCCCC1C(=O)NCCCCCCCCCCCC(=O)O. The lowest BCUT2D eigenvalue weighted by molar-refractivity contribution is -0.137. The highest BCUT2D eigenvalue weighted by Crippen LogP contribution is 2.29. The Morgan fingerprint density at radius 2 is 1.42 bits per heavy atom. The minimum atomic E-state index is -0.686. The number of carboxylic acids is 1. The number of hydrogen-bond acceptors (Lipinski definition) is 3. The Morgan fingerprint density at radius 1 is 0.885 bits per heavy atom. The van der Waals surface area contributed by atoms with Crippen LogP contribution in [0.2, 0.25) is 0 Å². The quantitative estimate of drug-likeness (QED) is 0.386. The van der Waals surface area contributed by atoms with E-state index in [1.54, 1.807) is 0 Å². The summed E-state index contributed by atoms with van der Waals surface area (Å²) in [6.07, 6.45) is 14.9. The van der Waals surface area contributed by atoms with Gasteiger partial charge in [-0.15, -0.1) is 12.4 Å². The van der Waals surface area contributed by atoms with Gasteiger partial charge in [0.1, 0.15) is 0 Å². The van der Waals surface area contributed by atoms with E-state index in [2.05, 4.69) is 5.32 Å². The maximum Gasteiger partial charge on any atom is 0.303 e. The molecule has 0 saturated heterocycles. The largest absolute Gasteiger partial charge is 0.481 e. The molecule has 2 unspecified atom stereocenters. The molecule has 5 nitrogen and oxygen atoms in total. The van der Waals surface area contributed by atoms with Crippen LogP contribution in [0.1, 0.15) is 89.9 Å². The number of unbranched alkanes of at least 4 members (excludes halogenated alkanes) is 8. The van der Waals surface area contributed by atoms with E-state index in [9.17, 15) is 9.59 Å². The summed E-state index contributed by atoms with van der Waals surface area (Å²) in [6.45, 7) is 1.43. The molecule has 1 aliphatic carbocycles. The molecule has 0 radical (unpaired) electrons. The third kappa shape index (κ3) is 11.7. The molecule has 4 N–H and O–H groups in total. The summed E-state index contributed by atoms with van der Waals surface area (Å²) in [5.41, 5.74) is 5.80. The molecular formula is C20H39ClN2O3. The highest BCUT2D eigenvalue weighted by atomic mass is 35.5. The van der Waals surface area contributed by atoms with Crippen LogP contribution in [0.15, 0.2) is 0 Å².